The number of halogens is 3. The molecule has 2 rings (SSSR count). The van der Waals surface area contributed by atoms with E-state index in [1.807, 2.05) is 0 Å². The average Bonchev–Trinajstić information content (AvgIpc) is 2.39. The predicted molar refractivity (Wildman–Crippen MR) is 36.7 cm³/mol. The summed E-state index contributed by atoms with van der Waals surface area (Å²) in [4.78, 5) is 0. The summed E-state index contributed by atoms with van der Waals surface area (Å²) in [5, 5.41) is 2.95. The third kappa shape index (κ3) is 0.920. The summed E-state index contributed by atoms with van der Waals surface area (Å²) in [6.07, 6.45) is 0.664. The maximum Gasteiger partial charge on any atom is 0.255 e. The molecule has 0 bridgehead atoms. The van der Waals surface area contributed by atoms with Gasteiger partial charge < -0.3 is 5.32 Å². The molecule has 1 N–H and O–H groups in total. The molecule has 0 aromatic carbocycles. The zero-order chi connectivity index (χ0) is 6.48. The first-order valence-electron chi connectivity index (χ1n) is 3.31. The van der Waals surface area contributed by atoms with E-state index in [2.05, 4.69) is 5.32 Å². The highest BCUT2D eigenvalue weighted by atomic mass is 35.5. The molecule has 0 amide bonds. The van der Waals surface area contributed by atoms with E-state index in [4.69, 9.17) is 0 Å². The van der Waals surface area contributed by atoms with Crippen LogP contribution < -0.4 is 5.32 Å². The molecule has 1 heterocycles. The summed E-state index contributed by atoms with van der Waals surface area (Å²) in [5.41, 5.74) is 0. The molecule has 1 saturated carbocycles. The Morgan fingerprint density at radius 2 is 2.00 bits per heavy atom. The van der Waals surface area contributed by atoms with Crippen molar-refractivity contribution >= 4 is 12.4 Å². The Balaban J connectivity index is 0.000000500. The van der Waals surface area contributed by atoms with Gasteiger partial charge in [0.2, 0.25) is 0 Å². The first-order chi connectivity index (χ1) is 4.23. The van der Waals surface area contributed by atoms with Crippen LogP contribution in [-0.4, -0.2) is 19.0 Å². The van der Waals surface area contributed by atoms with Crippen LogP contribution in [0.3, 0.4) is 0 Å². The lowest BCUT2D eigenvalue weighted by Crippen LogP contribution is -2.23. The van der Waals surface area contributed by atoms with Crippen LogP contribution >= 0.6 is 12.4 Å². The van der Waals surface area contributed by atoms with Crippen molar-refractivity contribution < 1.29 is 8.78 Å². The van der Waals surface area contributed by atoms with Crippen LogP contribution in [0.4, 0.5) is 8.78 Å². The molecule has 1 aliphatic heterocycles. The summed E-state index contributed by atoms with van der Waals surface area (Å²) in [5.74, 6) is -2.92. The number of alkyl halides is 2. The molecule has 10 heavy (non-hydrogen) atoms. The third-order valence-electron chi connectivity index (χ3n) is 2.36. The maximum atomic E-state index is 12.5. The van der Waals surface area contributed by atoms with Gasteiger partial charge in [-0.3, -0.25) is 0 Å². The van der Waals surface area contributed by atoms with E-state index >= 15 is 0 Å². The van der Waals surface area contributed by atoms with Crippen molar-refractivity contribution in [2.75, 3.05) is 13.1 Å². The van der Waals surface area contributed by atoms with E-state index in [-0.39, 0.29) is 24.2 Å². The van der Waals surface area contributed by atoms with Crippen LogP contribution in [-0.2, 0) is 0 Å². The normalized spacial score (nSPS) is 41.4. The van der Waals surface area contributed by atoms with Crippen molar-refractivity contribution in [2.24, 2.45) is 11.8 Å². The fourth-order valence-electron chi connectivity index (χ4n) is 1.65. The summed E-state index contributed by atoms with van der Waals surface area (Å²) >= 11 is 0. The van der Waals surface area contributed by atoms with Gasteiger partial charge in [0, 0.05) is 18.4 Å². The van der Waals surface area contributed by atoms with Gasteiger partial charge in [-0.05, 0) is 13.0 Å². The minimum absolute atomic E-state index is 0. The second kappa shape index (κ2) is 2.31. The Kier molecular flexibility index (Phi) is 1.90. The molecule has 1 aliphatic carbocycles. The van der Waals surface area contributed by atoms with Crippen LogP contribution in [0.2, 0.25) is 0 Å². The molecule has 0 aromatic rings. The van der Waals surface area contributed by atoms with Crippen molar-refractivity contribution in [3.63, 3.8) is 0 Å². The Morgan fingerprint density at radius 3 is 2.40 bits per heavy atom. The summed E-state index contributed by atoms with van der Waals surface area (Å²) in [7, 11) is 0. The van der Waals surface area contributed by atoms with Gasteiger partial charge in [-0.15, -0.1) is 12.4 Å². The summed E-state index contributed by atoms with van der Waals surface area (Å²) in [6, 6.07) is 0. The molecule has 2 atom stereocenters. The first-order valence-corrected chi connectivity index (χ1v) is 3.31. The molecule has 0 radical (unpaired) electrons. The Labute approximate surface area is 64.6 Å². The molecule has 1 nitrogen and oxygen atoms in total. The van der Waals surface area contributed by atoms with Crippen LogP contribution in [0.15, 0.2) is 0 Å². The second-order valence-electron chi connectivity index (χ2n) is 2.88. The lowest BCUT2D eigenvalue weighted by Gasteiger charge is -2.05. The fraction of sp³-hybridized carbons (Fsp3) is 1.00. The number of hydrogen-bond donors (Lipinski definition) is 1. The van der Waals surface area contributed by atoms with Gasteiger partial charge in [-0.2, -0.15) is 0 Å². The topological polar surface area (TPSA) is 12.0 Å². The molecule has 2 unspecified atom stereocenters. The lowest BCUT2D eigenvalue weighted by molar-refractivity contribution is 0.0868. The molecule has 60 valence electrons. The minimum Gasteiger partial charge on any atom is -0.316 e. The van der Waals surface area contributed by atoms with E-state index in [1.54, 1.807) is 0 Å². The molecule has 2 fully saturated rings. The van der Waals surface area contributed by atoms with E-state index < -0.39 is 5.92 Å². The van der Waals surface area contributed by atoms with Gasteiger partial charge in [0.15, 0.2) is 0 Å². The van der Waals surface area contributed by atoms with Crippen molar-refractivity contribution in [2.45, 2.75) is 12.3 Å². The number of hydrogen-bond acceptors (Lipinski definition) is 1. The van der Waals surface area contributed by atoms with Crippen LogP contribution in [0.25, 0.3) is 0 Å². The van der Waals surface area contributed by atoms with E-state index in [0.29, 0.717) is 13.0 Å². The maximum absolute atomic E-state index is 12.5. The lowest BCUT2D eigenvalue weighted by atomic mass is 10.2. The highest BCUT2D eigenvalue weighted by Crippen LogP contribution is 2.57. The molecule has 2 aliphatic rings. The van der Waals surface area contributed by atoms with Gasteiger partial charge in [0.05, 0.1) is 0 Å². The Morgan fingerprint density at radius 1 is 1.30 bits per heavy atom. The average molecular weight is 170 g/mol. The quantitative estimate of drug-likeness (QED) is 0.576. The van der Waals surface area contributed by atoms with Crippen molar-refractivity contribution in [1.82, 2.24) is 5.32 Å². The SMILES string of the molecule is Cl.FC1(F)C2CCNCC21. The smallest absolute Gasteiger partial charge is 0.255 e. The number of rotatable bonds is 0. The number of fused-ring (bicyclic) bond motifs is 1. The van der Waals surface area contributed by atoms with Crippen molar-refractivity contribution in [3.05, 3.63) is 0 Å². The highest BCUT2D eigenvalue weighted by Gasteiger charge is 2.67. The van der Waals surface area contributed by atoms with Crippen molar-refractivity contribution in [3.8, 4) is 0 Å². The van der Waals surface area contributed by atoms with Gasteiger partial charge >= 0.3 is 0 Å². The largest absolute Gasteiger partial charge is 0.316 e. The number of piperidine rings is 1. The van der Waals surface area contributed by atoms with E-state index in [0.717, 1.165) is 6.54 Å². The molecule has 0 aromatic heterocycles. The van der Waals surface area contributed by atoms with Crippen LogP contribution in [0.1, 0.15) is 6.42 Å². The minimum atomic E-state index is -2.32. The Hall–Kier alpha value is 0.110. The summed E-state index contributed by atoms with van der Waals surface area (Å²) < 4.78 is 24.9. The van der Waals surface area contributed by atoms with E-state index in [9.17, 15) is 8.78 Å². The second-order valence-corrected chi connectivity index (χ2v) is 2.88. The fourth-order valence-corrected chi connectivity index (χ4v) is 1.65. The highest BCUT2D eigenvalue weighted by molar-refractivity contribution is 5.85. The van der Waals surface area contributed by atoms with Crippen LogP contribution in [0.5, 0.6) is 0 Å². The monoisotopic (exact) mass is 169 g/mol. The molecule has 4 heteroatoms. The summed E-state index contributed by atoms with van der Waals surface area (Å²) in [6.45, 7) is 1.30. The van der Waals surface area contributed by atoms with Crippen molar-refractivity contribution in [1.29, 1.82) is 0 Å². The van der Waals surface area contributed by atoms with E-state index in [1.165, 1.54) is 0 Å². The molecular weight excluding hydrogens is 160 g/mol. The van der Waals surface area contributed by atoms with Crippen LogP contribution in [0, 0.1) is 11.8 Å². The standard InChI is InChI=1S/C6H9F2N.ClH/c7-6(8)4-1-2-9-3-5(4)6;/h4-5,9H,1-3H2;1H. The zero-order valence-corrected chi connectivity index (χ0v) is 6.26. The molecular formula is C6H10ClF2N. The van der Waals surface area contributed by atoms with Gasteiger partial charge in [0.25, 0.3) is 5.92 Å². The van der Waals surface area contributed by atoms with Gasteiger partial charge in [-0.25, -0.2) is 8.78 Å². The molecule has 0 spiro atoms. The predicted octanol–water partition coefficient (Wildman–Crippen LogP) is 1.28. The first kappa shape index (κ1) is 8.21. The molecule has 1 saturated heterocycles. The third-order valence-corrected chi connectivity index (χ3v) is 2.36. The zero-order valence-electron chi connectivity index (χ0n) is 5.44. The number of nitrogens with one attached hydrogen (secondary N) is 1. The Bertz CT molecular complexity index is 126. The van der Waals surface area contributed by atoms with Gasteiger partial charge in [-0.1, -0.05) is 0 Å². The van der Waals surface area contributed by atoms with Gasteiger partial charge in [0.1, 0.15) is 0 Å².